The Morgan fingerprint density at radius 3 is 2.71 bits per heavy atom. The number of fused-ring (bicyclic) bond motifs is 1. The number of para-hydroxylation sites is 1. The lowest BCUT2D eigenvalue weighted by Crippen LogP contribution is -2.18. The van der Waals surface area contributed by atoms with Gasteiger partial charge in [-0.05, 0) is 55.5 Å². The number of nitrogens with two attached hydrogens (primary N) is 1. The van der Waals surface area contributed by atoms with Crippen LogP contribution in [0.15, 0.2) is 46.9 Å². The molecule has 0 bridgehead atoms. The summed E-state index contributed by atoms with van der Waals surface area (Å²) in [6.45, 7) is 3.09. The zero-order chi connectivity index (χ0) is 14.8. The maximum atomic E-state index is 6.00. The van der Waals surface area contributed by atoms with Gasteiger partial charge in [-0.1, -0.05) is 40.2 Å². The quantitative estimate of drug-likeness (QED) is 0.835. The highest BCUT2D eigenvalue weighted by Crippen LogP contribution is 2.35. The van der Waals surface area contributed by atoms with Gasteiger partial charge in [0.15, 0.2) is 0 Å². The maximum absolute atomic E-state index is 6.00. The van der Waals surface area contributed by atoms with Crippen LogP contribution < -0.4 is 10.6 Å². The molecular formula is C18H21BrN2. The van der Waals surface area contributed by atoms with E-state index in [9.17, 15) is 0 Å². The van der Waals surface area contributed by atoms with Gasteiger partial charge < -0.3 is 10.6 Å². The average molecular weight is 345 g/mol. The molecule has 2 aromatic carbocycles. The standard InChI is InChI=1S/C18H21BrN2/c1-13(20)16-10-9-15(12-17(16)19)21-11-5-4-7-14-6-2-3-8-18(14)21/h2-3,6,8-10,12-13H,4-5,7,11,20H2,1H3/t13-/m1/s1. The fraction of sp³-hybridized carbons (Fsp3) is 0.333. The first-order valence-corrected chi connectivity index (χ1v) is 8.36. The second-order valence-electron chi connectivity index (χ2n) is 5.73. The number of hydrogen-bond acceptors (Lipinski definition) is 2. The Labute approximate surface area is 135 Å². The fourth-order valence-corrected chi connectivity index (χ4v) is 3.74. The Morgan fingerprint density at radius 1 is 1.14 bits per heavy atom. The molecule has 0 radical (unpaired) electrons. The predicted molar refractivity (Wildman–Crippen MR) is 93.1 cm³/mol. The van der Waals surface area contributed by atoms with E-state index in [1.807, 2.05) is 6.92 Å². The zero-order valence-electron chi connectivity index (χ0n) is 12.3. The van der Waals surface area contributed by atoms with Gasteiger partial charge in [-0.15, -0.1) is 0 Å². The third-order valence-corrected chi connectivity index (χ3v) is 4.83. The van der Waals surface area contributed by atoms with Gasteiger partial charge in [-0.3, -0.25) is 0 Å². The second kappa shape index (κ2) is 6.20. The van der Waals surface area contributed by atoms with Crippen LogP contribution in [0.3, 0.4) is 0 Å². The molecule has 0 amide bonds. The SMILES string of the molecule is C[C@@H](N)c1ccc(N2CCCCc3ccccc32)cc1Br. The van der Waals surface area contributed by atoms with E-state index in [0.717, 1.165) is 16.6 Å². The van der Waals surface area contributed by atoms with E-state index < -0.39 is 0 Å². The van der Waals surface area contributed by atoms with Gasteiger partial charge >= 0.3 is 0 Å². The van der Waals surface area contributed by atoms with Crippen molar-refractivity contribution in [3.05, 3.63) is 58.1 Å². The molecule has 1 atom stereocenters. The van der Waals surface area contributed by atoms with Crippen molar-refractivity contribution in [1.29, 1.82) is 0 Å². The molecule has 0 saturated carbocycles. The third kappa shape index (κ3) is 2.99. The van der Waals surface area contributed by atoms with Crippen LogP contribution in [0.1, 0.15) is 36.9 Å². The summed E-state index contributed by atoms with van der Waals surface area (Å²) in [5, 5.41) is 0. The van der Waals surface area contributed by atoms with Crippen molar-refractivity contribution in [2.24, 2.45) is 5.73 Å². The van der Waals surface area contributed by atoms with E-state index in [-0.39, 0.29) is 6.04 Å². The van der Waals surface area contributed by atoms with E-state index in [1.54, 1.807) is 0 Å². The summed E-state index contributed by atoms with van der Waals surface area (Å²) >= 11 is 3.67. The van der Waals surface area contributed by atoms with Crippen molar-refractivity contribution in [1.82, 2.24) is 0 Å². The third-order valence-electron chi connectivity index (χ3n) is 4.15. The van der Waals surface area contributed by atoms with Gasteiger partial charge in [-0.2, -0.15) is 0 Å². The first-order chi connectivity index (χ1) is 10.2. The second-order valence-corrected chi connectivity index (χ2v) is 6.59. The lowest BCUT2D eigenvalue weighted by atomic mass is 10.1. The van der Waals surface area contributed by atoms with E-state index in [0.29, 0.717) is 0 Å². The molecule has 3 rings (SSSR count). The molecule has 1 aliphatic rings. The zero-order valence-corrected chi connectivity index (χ0v) is 13.9. The summed E-state index contributed by atoms with van der Waals surface area (Å²) in [6, 6.07) is 15.3. The maximum Gasteiger partial charge on any atom is 0.0443 e. The number of aryl methyl sites for hydroxylation is 1. The molecule has 2 aromatic rings. The molecule has 2 nitrogen and oxygen atoms in total. The monoisotopic (exact) mass is 344 g/mol. The molecule has 0 aliphatic carbocycles. The molecule has 0 unspecified atom stereocenters. The lowest BCUT2D eigenvalue weighted by molar-refractivity contribution is 0.760. The van der Waals surface area contributed by atoms with Gasteiger partial charge in [0.25, 0.3) is 0 Å². The molecule has 110 valence electrons. The molecule has 1 aliphatic heterocycles. The Kier molecular flexibility index (Phi) is 4.32. The van der Waals surface area contributed by atoms with Gasteiger partial charge in [-0.25, -0.2) is 0 Å². The molecular weight excluding hydrogens is 324 g/mol. The van der Waals surface area contributed by atoms with Crippen molar-refractivity contribution < 1.29 is 0 Å². The van der Waals surface area contributed by atoms with Crippen LogP contribution in [-0.2, 0) is 6.42 Å². The number of hydrogen-bond donors (Lipinski definition) is 1. The van der Waals surface area contributed by atoms with Crippen LogP contribution in [-0.4, -0.2) is 6.54 Å². The minimum absolute atomic E-state index is 0.0462. The molecule has 0 aromatic heterocycles. The van der Waals surface area contributed by atoms with Gasteiger partial charge in [0.2, 0.25) is 0 Å². The number of nitrogens with zero attached hydrogens (tertiary/aromatic N) is 1. The number of benzene rings is 2. The molecule has 0 saturated heterocycles. The van der Waals surface area contributed by atoms with Crippen molar-refractivity contribution in [3.63, 3.8) is 0 Å². The van der Waals surface area contributed by atoms with E-state index in [1.165, 1.54) is 36.2 Å². The van der Waals surface area contributed by atoms with E-state index in [2.05, 4.69) is 63.3 Å². The summed E-state index contributed by atoms with van der Waals surface area (Å²) in [6.07, 6.45) is 3.65. The minimum Gasteiger partial charge on any atom is -0.341 e. The number of rotatable bonds is 2. The summed E-state index contributed by atoms with van der Waals surface area (Å²) in [5.41, 5.74) is 11.2. The van der Waals surface area contributed by atoms with Crippen LogP contribution in [0, 0.1) is 0 Å². The van der Waals surface area contributed by atoms with E-state index in [4.69, 9.17) is 5.73 Å². The smallest absolute Gasteiger partial charge is 0.0443 e. The average Bonchev–Trinajstić information content (AvgIpc) is 2.69. The van der Waals surface area contributed by atoms with Crippen LogP contribution in [0.4, 0.5) is 11.4 Å². The van der Waals surface area contributed by atoms with Gasteiger partial charge in [0.1, 0.15) is 0 Å². The molecule has 0 fully saturated rings. The van der Waals surface area contributed by atoms with Crippen LogP contribution in [0.25, 0.3) is 0 Å². The highest BCUT2D eigenvalue weighted by molar-refractivity contribution is 9.10. The molecule has 0 spiro atoms. The van der Waals surface area contributed by atoms with Crippen molar-refractivity contribution in [3.8, 4) is 0 Å². The van der Waals surface area contributed by atoms with Crippen LogP contribution in [0.5, 0.6) is 0 Å². The molecule has 21 heavy (non-hydrogen) atoms. The fourth-order valence-electron chi connectivity index (χ4n) is 3.01. The van der Waals surface area contributed by atoms with E-state index >= 15 is 0 Å². The molecule has 1 heterocycles. The van der Waals surface area contributed by atoms with Crippen LogP contribution in [0.2, 0.25) is 0 Å². The highest BCUT2D eigenvalue weighted by atomic mass is 79.9. The number of anilines is 2. The first kappa shape index (κ1) is 14.6. The van der Waals surface area contributed by atoms with Crippen LogP contribution >= 0.6 is 15.9 Å². The van der Waals surface area contributed by atoms with Crippen molar-refractivity contribution in [2.45, 2.75) is 32.2 Å². The Morgan fingerprint density at radius 2 is 1.95 bits per heavy atom. The Balaban J connectivity index is 2.02. The number of halogens is 1. The highest BCUT2D eigenvalue weighted by Gasteiger charge is 2.17. The van der Waals surface area contributed by atoms with Crippen molar-refractivity contribution in [2.75, 3.05) is 11.4 Å². The van der Waals surface area contributed by atoms with Gasteiger partial charge in [0.05, 0.1) is 0 Å². The minimum atomic E-state index is 0.0462. The van der Waals surface area contributed by atoms with Crippen molar-refractivity contribution >= 4 is 27.3 Å². The lowest BCUT2D eigenvalue weighted by Gasteiger charge is -2.26. The Bertz CT molecular complexity index is 637. The summed E-state index contributed by atoms with van der Waals surface area (Å²) in [7, 11) is 0. The van der Waals surface area contributed by atoms with Gasteiger partial charge in [0, 0.05) is 28.4 Å². The summed E-state index contributed by atoms with van der Waals surface area (Å²) in [4.78, 5) is 2.43. The molecule has 2 N–H and O–H groups in total. The largest absolute Gasteiger partial charge is 0.341 e. The molecule has 3 heteroatoms. The summed E-state index contributed by atoms with van der Waals surface area (Å²) in [5.74, 6) is 0. The predicted octanol–water partition coefficient (Wildman–Crippen LogP) is 4.94. The topological polar surface area (TPSA) is 29.3 Å². The summed E-state index contributed by atoms with van der Waals surface area (Å²) < 4.78 is 1.09. The normalized spacial score (nSPS) is 16.2. The Hall–Kier alpha value is -1.32. The first-order valence-electron chi connectivity index (χ1n) is 7.57.